The second-order valence-electron chi connectivity index (χ2n) is 4.81. The van der Waals surface area contributed by atoms with Crippen molar-refractivity contribution < 1.29 is 4.79 Å². The summed E-state index contributed by atoms with van der Waals surface area (Å²) in [6, 6.07) is 17.4. The minimum Gasteiger partial charge on any atom is -0.362 e. The lowest BCUT2D eigenvalue weighted by Crippen LogP contribution is -2.40. The lowest BCUT2D eigenvalue weighted by atomic mass is 10.1. The van der Waals surface area contributed by atoms with Gasteiger partial charge in [0.15, 0.2) is 5.11 Å². The molecule has 0 radical (unpaired) electrons. The molecule has 0 unspecified atom stereocenters. The van der Waals surface area contributed by atoms with E-state index in [-0.39, 0.29) is 5.91 Å². The molecule has 0 fully saturated rings. The van der Waals surface area contributed by atoms with Crippen molar-refractivity contribution in [2.24, 2.45) is 0 Å². The van der Waals surface area contributed by atoms with Gasteiger partial charge < -0.3 is 5.32 Å². The molecule has 0 aliphatic rings. The molecule has 0 heterocycles. The number of amides is 1. The number of rotatable bonds is 4. The molecule has 0 bridgehead atoms. The number of carbonyl (C=O) groups is 1. The molecule has 2 rings (SSSR count). The average molecular weight is 298 g/mol. The number of carbonyl (C=O) groups excluding carboxylic acids is 1. The SMILES string of the molecule is Cc1ccc(CCNC(=S)NC(=O)c2ccccc2)cc1. The van der Waals surface area contributed by atoms with Gasteiger partial charge in [0.05, 0.1) is 0 Å². The molecule has 2 aromatic carbocycles. The third-order valence-electron chi connectivity index (χ3n) is 3.08. The molecule has 2 N–H and O–H groups in total. The molecule has 1 amide bonds. The Morgan fingerprint density at radius 3 is 2.38 bits per heavy atom. The van der Waals surface area contributed by atoms with E-state index in [0.29, 0.717) is 17.2 Å². The summed E-state index contributed by atoms with van der Waals surface area (Å²) in [6.07, 6.45) is 0.863. The van der Waals surface area contributed by atoms with Crippen LogP contribution in [0.3, 0.4) is 0 Å². The normalized spacial score (nSPS) is 9.95. The van der Waals surface area contributed by atoms with Crippen LogP contribution in [-0.4, -0.2) is 17.6 Å². The second kappa shape index (κ2) is 7.55. The maximum atomic E-state index is 11.9. The van der Waals surface area contributed by atoms with E-state index in [4.69, 9.17) is 12.2 Å². The molecule has 0 spiro atoms. The smallest absolute Gasteiger partial charge is 0.257 e. The van der Waals surface area contributed by atoms with Crippen molar-refractivity contribution >= 4 is 23.2 Å². The van der Waals surface area contributed by atoms with Gasteiger partial charge in [-0.2, -0.15) is 0 Å². The molecule has 108 valence electrons. The molecule has 3 nitrogen and oxygen atoms in total. The fourth-order valence-corrected chi connectivity index (χ4v) is 2.08. The number of thiocarbonyl (C=S) groups is 1. The van der Waals surface area contributed by atoms with E-state index >= 15 is 0 Å². The topological polar surface area (TPSA) is 41.1 Å². The fraction of sp³-hybridized carbons (Fsp3) is 0.176. The summed E-state index contributed by atoms with van der Waals surface area (Å²) in [5.41, 5.74) is 3.09. The standard InChI is InChI=1S/C17H18N2OS/c1-13-7-9-14(10-8-13)11-12-18-17(21)19-16(20)15-5-3-2-4-6-15/h2-10H,11-12H2,1H3,(H2,18,19,20,21). The Labute approximate surface area is 130 Å². The number of benzene rings is 2. The molecule has 21 heavy (non-hydrogen) atoms. The van der Waals surface area contributed by atoms with E-state index in [1.807, 2.05) is 18.2 Å². The lowest BCUT2D eigenvalue weighted by molar-refractivity contribution is 0.0976. The van der Waals surface area contributed by atoms with E-state index in [0.717, 1.165) is 6.42 Å². The Hall–Kier alpha value is -2.20. The van der Waals surface area contributed by atoms with Crippen molar-refractivity contribution in [1.82, 2.24) is 10.6 Å². The van der Waals surface area contributed by atoms with Crippen LogP contribution in [0.2, 0.25) is 0 Å². The highest BCUT2D eigenvalue weighted by molar-refractivity contribution is 7.80. The first-order valence-electron chi connectivity index (χ1n) is 6.85. The van der Waals surface area contributed by atoms with Crippen LogP contribution in [0.5, 0.6) is 0 Å². The average Bonchev–Trinajstić information content (AvgIpc) is 2.50. The van der Waals surface area contributed by atoms with Gasteiger partial charge in [0.1, 0.15) is 0 Å². The quantitative estimate of drug-likeness (QED) is 0.853. The van der Waals surface area contributed by atoms with E-state index < -0.39 is 0 Å². The number of hydrogen-bond donors (Lipinski definition) is 2. The van der Waals surface area contributed by atoms with E-state index in [1.165, 1.54) is 11.1 Å². The van der Waals surface area contributed by atoms with Gasteiger partial charge in [0.25, 0.3) is 5.91 Å². The summed E-state index contributed by atoms with van der Waals surface area (Å²) in [5, 5.41) is 6.08. The van der Waals surface area contributed by atoms with E-state index in [1.54, 1.807) is 12.1 Å². The zero-order valence-electron chi connectivity index (χ0n) is 11.9. The van der Waals surface area contributed by atoms with Crippen LogP contribution in [0, 0.1) is 6.92 Å². The van der Waals surface area contributed by atoms with Gasteiger partial charge in [-0.1, -0.05) is 48.0 Å². The van der Waals surface area contributed by atoms with Crippen molar-refractivity contribution in [2.75, 3.05) is 6.54 Å². The fourth-order valence-electron chi connectivity index (χ4n) is 1.88. The number of aryl methyl sites for hydroxylation is 1. The van der Waals surface area contributed by atoms with Gasteiger partial charge in [-0.3, -0.25) is 10.1 Å². The van der Waals surface area contributed by atoms with Crippen LogP contribution in [-0.2, 0) is 6.42 Å². The zero-order valence-corrected chi connectivity index (χ0v) is 12.7. The number of nitrogens with one attached hydrogen (secondary N) is 2. The van der Waals surface area contributed by atoms with E-state index in [2.05, 4.69) is 41.8 Å². The molecule has 0 atom stereocenters. The zero-order chi connectivity index (χ0) is 15.1. The van der Waals surface area contributed by atoms with Crippen molar-refractivity contribution in [2.45, 2.75) is 13.3 Å². The Balaban J connectivity index is 1.75. The highest BCUT2D eigenvalue weighted by atomic mass is 32.1. The minimum atomic E-state index is -0.191. The predicted molar refractivity (Wildman–Crippen MR) is 89.4 cm³/mol. The number of hydrogen-bond acceptors (Lipinski definition) is 2. The van der Waals surface area contributed by atoms with Gasteiger partial charge in [-0.15, -0.1) is 0 Å². The molecular weight excluding hydrogens is 280 g/mol. The van der Waals surface area contributed by atoms with Gasteiger partial charge in [-0.05, 0) is 43.3 Å². The second-order valence-corrected chi connectivity index (χ2v) is 5.22. The molecule has 0 saturated heterocycles. The molecule has 0 aliphatic carbocycles. The third kappa shape index (κ3) is 5.00. The first kappa shape index (κ1) is 15.2. The van der Waals surface area contributed by atoms with Crippen LogP contribution in [0.1, 0.15) is 21.5 Å². The van der Waals surface area contributed by atoms with Crippen LogP contribution >= 0.6 is 12.2 Å². The molecule has 0 aromatic heterocycles. The van der Waals surface area contributed by atoms with Crippen molar-refractivity contribution in [3.8, 4) is 0 Å². The van der Waals surface area contributed by atoms with Crippen LogP contribution in [0.25, 0.3) is 0 Å². The summed E-state index contributed by atoms with van der Waals surface area (Å²) in [6.45, 7) is 2.76. The summed E-state index contributed by atoms with van der Waals surface area (Å²) in [7, 11) is 0. The van der Waals surface area contributed by atoms with Gasteiger partial charge in [0, 0.05) is 12.1 Å². The molecule has 2 aromatic rings. The Bertz CT molecular complexity index is 608. The lowest BCUT2D eigenvalue weighted by Gasteiger charge is -2.09. The van der Waals surface area contributed by atoms with Crippen LogP contribution in [0.4, 0.5) is 0 Å². The van der Waals surface area contributed by atoms with Crippen molar-refractivity contribution in [1.29, 1.82) is 0 Å². The third-order valence-corrected chi connectivity index (χ3v) is 3.33. The van der Waals surface area contributed by atoms with Gasteiger partial charge >= 0.3 is 0 Å². The van der Waals surface area contributed by atoms with Gasteiger partial charge in [-0.25, -0.2) is 0 Å². The van der Waals surface area contributed by atoms with Crippen molar-refractivity contribution in [3.63, 3.8) is 0 Å². The summed E-state index contributed by atoms with van der Waals surface area (Å²) in [5.74, 6) is -0.191. The highest BCUT2D eigenvalue weighted by Gasteiger charge is 2.06. The predicted octanol–water partition coefficient (Wildman–Crippen LogP) is 2.84. The summed E-state index contributed by atoms with van der Waals surface area (Å²) < 4.78 is 0. The van der Waals surface area contributed by atoms with Gasteiger partial charge in [0.2, 0.25) is 0 Å². The monoisotopic (exact) mass is 298 g/mol. The Morgan fingerprint density at radius 1 is 1.05 bits per heavy atom. The molecular formula is C17H18N2OS. The Morgan fingerprint density at radius 2 is 1.71 bits per heavy atom. The first-order valence-corrected chi connectivity index (χ1v) is 7.26. The maximum Gasteiger partial charge on any atom is 0.257 e. The Kier molecular flexibility index (Phi) is 5.46. The molecule has 0 saturated carbocycles. The largest absolute Gasteiger partial charge is 0.362 e. The first-order chi connectivity index (χ1) is 10.1. The summed E-state index contributed by atoms with van der Waals surface area (Å²) in [4.78, 5) is 11.9. The molecule has 0 aliphatic heterocycles. The minimum absolute atomic E-state index is 0.191. The van der Waals surface area contributed by atoms with Crippen LogP contribution < -0.4 is 10.6 Å². The summed E-state index contributed by atoms with van der Waals surface area (Å²) >= 11 is 5.12. The van der Waals surface area contributed by atoms with Crippen LogP contribution in [0.15, 0.2) is 54.6 Å². The molecule has 4 heteroatoms. The van der Waals surface area contributed by atoms with E-state index in [9.17, 15) is 4.79 Å². The maximum absolute atomic E-state index is 11.9. The van der Waals surface area contributed by atoms with Crippen molar-refractivity contribution in [3.05, 3.63) is 71.3 Å². The highest BCUT2D eigenvalue weighted by Crippen LogP contribution is 2.03.